The Labute approximate surface area is 379 Å². The standard InChI is InChI=1S/C45H76O20/c1-18(17-59-40-36(56)33(53)29(49)24(14-46)61-40)7-12-45(58)19(2)27-38(65-45)32(52)28-22-6-5-20-13-21(8-10-43(20,3)23(22)9-11-44(27,28)4)60-42-39(35(55)31(51)26(16-48)63-42)64-41-37(57)34(54)30(50)25(15-47)62-41/h18-42,46-58H,5-17H2,1-4H3/t18-,19-,20-,21-,22+,23-,24+,25+,26+,27-,28+,29+,30+,31-,32+,33-,34-,35-,36+,37+,38+,39+,40+,41-,42+,43-,44+,45?/m0/s1. The van der Waals surface area contributed by atoms with Gasteiger partial charge in [-0.05, 0) is 91.8 Å². The van der Waals surface area contributed by atoms with E-state index in [1.54, 1.807) is 0 Å². The Kier molecular flexibility index (Phi) is 15.1. The molecule has 20 heteroatoms. The molecule has 1 unspecified atom stereocenters. The molecule has 0 spiro atoms. The van der Waals surface area contributed by atoms with Crippen molar-refractivity contribution in [3.8, 4) is 0 Å². The van der Waals surface area contributed by atoms with E-state index in [4.69, 9.17) is 33.2 Å². The van der Waals surface area contributed by atoms with Crippen LogP contribution >= 0.6 is 0 Å². The Hall–Kier alpha value is -0.800. The van der Waals surface area contributed by atoms with Crippen molar-refractivity contribution in [1.29, 1.82) is 0 Å². The van der Waals surface area contributed by atoms with Crippen LogP contribution in [0.1, 0.15) is 85.5 Å². The summed E-state index contributed by atoms with van der Waals surface area (Å²) in [5, 5.41) is 137. The zero-order valence-corrected chi connectivity index (χ0v) is 37.8. The van der Waals surface area contributed by atoms with Gasteiger partial charge in [-0.25, -0.2) is 0 Å². The van der Waals surface area contributed by atoms with Crippen LogP contribution in [-0.4, -0.2) is 209 Å². The zero-order valence-electron chi connectivity index (χ0n) is 37.8. The van der Waals surface area contributed by atoms with E-state index in [1.807, 2.05) is 13.8 Å². The van der Waals surface area contributed by atoms with Gasteiger partial charge in [-0.2, -0.15) is 0 Å². The monoisotopic (exact) mass is 936 g/mol. The first-order valence-corrected chi connectivity index (χ1v) is 24.0. The van der Waals surface area contributed by atoms with Crippen molar-refractivity contribution in [2.24, 2.45) is 52.3 Å². The Bertz CT molecular complexity index is 1600. The van der Waals surface area contributed by atoms with E-state index in [0.717, 1.165) is 32.1 Å². The zero-order chi connectivity index (χ0) is 47.1. The van der Waals surface area contributed by atoms with E-state index in [9.17, 15) is 66.4 Å². The molecule has 376 valence electrons. The molecule has 0 aromatic rings. The maximum absolute atomic E-state index is 12.2. The molecule has 0 aromatic carbocycles. The number of hydrogen-bond acceptors (Lipinski definition) is 20. The molecule has 0 amide bonds. The predicted octanol–water partition coefficient (Wildman–Crippen LogP) is -2.81. The highest BCUT2D eigenvalue weighted by atomic mass is 16.8. The highest BCUT2D eigenvalue weighted by Gasteiger charge is 2.71. The second kappa shape index (κ2) is 19.4. The Morgan fingerprint density at radius 2 is 1.18 bits per heavy atom. The molecular weight excluding hydrogens is 860 g/mol. The summed E-state index contributed by atoms with van der Waals surface area (Å²) in [7, 11) is 0. The largest absolute Gasteiger partial charge is 0.394 e. The van der Waals surface area contributed by atoms with Crippen LogP contribution < -0.4 is 0 Å². The van der Waals surface area contributed by atoms with Crippen molar-refractivity contribution in [2.75, 3.05) is 26.4 Å². The van der Waals surface area contributed by atoms with Crippen LogP contribution in [0.15, 0.2) is 0 Å². The Morgan fingerprint density at radius 1 is 0.615 bits per heavy atom. The van der Waals surface area contributed by atoms with E-state index < -0.39 is 130 Å². The lowest BCUT2D eigenvalue weighted by atomic mass is 9.44. The average molecular weight is 937 g/mol. The smallest absolute Gasteiger partial charge is 0.187 e. The van der Waals surface area contributed by atoms with Crippen molar-refractivity contribution < 1.29 is 99.5 Å². The van der Waals surface area contributed by atoms with E-state index in [0.29, 0.717) is 25.2 Å². The van der Waals surface area contributed by atoms with Crippen LogP contribution in [0.4, 0.5) is 0 Å². The fraction of sp³-hybridized carbons (Fsp3) is 1.00. The first kappa shape index (κ1) is 50.6. The molecule has 20 nitrogen and oxygen atoms in total. The predicted molar refractivity (Wildman–Crippen MR) is 220 cm³/mol. The SMILES string of the molecule is C[C@@H](CCC1(O)O[C@H]2[C@H](O)[C@H]3[C@@H]4CC[C@H]5C[C@@H](O[C@@H]6O[C@H](CO)[C@H](O)[C@H](O)[C@H]6O[C@@H]6O[C@H](CO)[C@@H](O)[C@H](O)[C@H]6O)CC[C@]5(C)[C@H]4CC[C@]3(C)[C@H]2[C@@H]1C)CO[C@@H]1O[C@H](CO)[C@@H](O)[C@H](O)[C@H]1O. The molecule has 4 aliphatic carbocycles. The van der Waals surface area contributed by atoms with Gasteiger partial charge in [0.15, 0.2) is 24.7 Å². The van der Waals surface area contributed by atoms with Gasteiger partial charge < -0.3 is 99.5 Å². The number of hydrogen-bond donors (Lipinski definition) is 13. The molecule has 8 rings (SSSR count). The van der Waals surface area contributed by atoms with Crippen molar-refractivity contribution in [3.63, 3.8) is 0 Å². The molecule has 0 bridgehead atoms. The molecule has 4 saturated carbocycles. The van der Waals surface area contributed by atoms with Gasteiger partial charge >= 0.3 is 0 Å². The van der Waals surface area contributed by atoms with E-state index in [1.165, 1.54) is 0 Å². The molecule has 28 atom stereocenters. The van der Waals surface area contributed by atoms with Gasteiger partial charge in [0, 0.05) is 18.3 Å². The molecule has 65 heavy (non-hydrogen) atoms. The summed E-state index contributed by atoms with van der Waals surface area (Å²) in [6, 6.07) is 0. The average Bonchev–Trinajstić information content (AvgIpc) is 3.69. The second-order valence-corrected chi connectivity index (χ2v) is 21.6. The molecular formula is C45H76O20. The first-order valence-electron chi connectivity index (χ1n) is 24.0. The van der Waals surface area contributed by atoms with E-state index in [-0.39, 0.29) is 65.5 Å². The maximum atomic E-state index is 12.2. The van der Waals surface area contributed by atoms with Crippen LogP contribution in [0.5, 0.6) is 0 Å². The second-order valence-electron chi connectivity index (χ2n) is 21.6. The molecule has 13 N–H and O–H groups in total. The Balaban J connectivity index is 0.885. The third kappa shape index (κ3) is 8.78. The number of ether oxygens (including phenoxy) is 7. The lowest BCUT2D eigenvalue weighted by Crippen LogP contribution is -2.65. The summed E-state index contributed by atoms with van der Waals surface area (Å²) in [4.78, 5) is 0. The fourth-order valence-corrected chi connectivity index (χ4v) is 14.2. The van der Waals surface area contributed by atoms with Crippen LogP contribution in [0, 0.1) is 52.3 Å². The van der Waals surface area contributed by atoms with Gasteiger partial charge in [0.05, 0.1) is 44.7 Å². The van der Waals surface area contributed by atoms with Crippen molar-refractivity contribution in [1.82, 2.24) is 0 Å². The number of aliphatic hydroxyl groups is 13. The minimum absolute atomic E-state index is 0.0276. The van der Waals surface area contributed by atoms with Gasteiger partial charge in [-0.1, -0.05) is 27.7 Å². The van der Waals surface area contributed by atoms with Gasteiger partial charge in [-0.3, -0.25) is 0 Å². The summed E-state index contributed by atoms with van der Waals surface area (Å²) >= 11 is 0. The van der Waals surface area contributed by atoms with Gasteiger partial charge in [0.1, 0.15) is 73.2 Å². The topological polar surface area (TPSA) is 328 Å². The maximum Gasteiger partial charge on any atom is 0.187 e. The summed E-state index contributed by atoms with van der Waals surface area (Å²) in [5.74, 6) is -1.18. The van der Waals surface area contributed by atoms with Gasteiger partial charge in [-0.15, -0.1) is 0 Å². The summed E-state index contributed by atoms with van der Waals surface area (Å²) in [6.45, 7) is 6.79. The first-order chi connectivity index (χ1) is 30.7. The molecule has 4 heterocycles. The van der Waals surface area contributed by atoms with Gasteiger partial charge in [0.2, 0.25) is 0 Å². The highest BCUT2D eigenvalue weighted by Crippen LogP contribution is 2.71. The number of fused-ring (bicyclic) bond motifs is 7. The summed E-state index contributed by atoms with van der Waals surface area (Å²) in [6.07, 6.45) is -17.3. The highest BCUT2D eigenvalue weighted by molar-refractivity contribution is 5.18. The van der Waals surface area contributed by atoms with Crippen molar-refractivity contribution >= 4 is 0 Å². The summed E-state index contributed by atoms with van der Waals surface area (Å²) in [5.41, 5.74) is -0.356. The number of aliphatic hydroxyl groups excluding tert-OH is 12. The van der Waals surface area contributed by atoms with Crippen LogP contribution in [0.25, 0.3) is 0 Å². The lowest BCUT2D eigenvalue weighted by Gasteiger charge is -2.61. The van der Waals surface area contributed by atoms with Gasteiger partial charge in [0.25, 0.3) is 0 Å². The fourth-order valence-electron chi connectivity index (χ4n) is 14.2. The number of rotatable bonds is 13. The van der Waals surface area contributed by atoms with Crippen LogP contribution in [0.2, 0.25) is 0 Å². The molecule has 0 aromatic heterocycles. The molecule has 4 aliphatic heterocycles. The van der Waals surface area contributed by atoms with E-state index >= 15 is 0 Å². The molecule has 0 radical (unpaired) electrons. The minimum Gasteiger partial charge on any atom is -0.394 e. The molecule has 8 fully saturated rings. The lowest BCUT2D eigenvalue weighted by molar-refractivity contribution is -0.373. The Morgan fingerprint density at radius 3 is 1.82 bits per heavy atom. The normalized spacial score (nSPS) is 56.1. The quantitative estimate of drug-likeness (QED) is 0.0829. The van der Waals surface area contributed by atoms with Crippen LogP contribution in [0.3, 0.4) is 0 Å². The third-order valence-corrected chi connectivity index (χ3v) is 18.0. The van der Waals surface area contributed by atoms with E-state index in [2.05, 4.69) is 13.8 Å². The van der Waals surface area contributed by atoms with Crippen molar-refractivity contribution in [3.05, 3.63) is 0 Å². The minimum atomic E-state index is -1.77. The van der Waals surface area contributed by atoms with Crippen molar-refractivity contribution in [2.45, 2.75) is 202 Å². The molecule has 4 saturated heterocycles. The van der Waals surface area contributed by atoms with Crippen LogP contribution in [-0.2, 0) is 33.2 Å². The molecule has 8 aliphatic rings. The summed E-state index contributed by atoms with van der Waals surface area (Å²) < 4.78 is 41.7. The third-order valence-electron chi connectivity index (χ3n) is 18.0.